The molecular weight excluding hydrogens is 434 g/mol. The topological polar surface area (TPSA) is 88.6 Å². The van der Waals surface area contributed by atoms with Gasteiger partial charge in [-0.2, -0.15) is 0 Å². The van der Waals surface area contributed by atoms with E-state index >= 15 is 0 Å². The average molecular weight is 456 g/mol. The highest BCUT2D eigenvalue weighted by atomic mass is 32.2. The molecule has 1 atom stereocenters. The van der Waals surface area contributed by atoms with Crippen LogP contribution in [0.15, 0.2) is 63.8 Å². The number of ether oxygens (including phenoxy) is 1. The predicted octanol–water partition coefficient (Wildman–Crippen LogP) is 3.82. The summed E-state index contributed by atoms with van der Waals surface area (Å²) in [5.41, 5.74) is 1.98. The number of amides is 1. The summed E-state index contributed by atoms with van der Waals surface area (Å²) in [6, 6.07) is 12.2. The second kappa shape index (κ2) is 7.74. The Hall–Kier alpha value is -2.75. The van der Waals surface area contributed by atoms with E-state index < -0.39 is 15.8 Å². The fourth-order valence-electron chi connectivity index (χ4n) is 4.08. The molecule has 1 unspecified atom stereocenters. The highest BCUT2D eigenvalue weighted by Gasteiger charge is 2.35. The zero-order valence-electron chi connectivity index (χ0n) is 16.8. The summed E-state index contributed by atoms with van der Waals surface area (Å²) in [5.74, 6) is -0.287. The number of para-hydroxylation sites is 1. The fourth-order valence-corrected chi connectivity index (χ4v) is 6.30. The van der Waals surface area contributed by atoms with Crippen LogP contribution in [0.1, 0.15) is 17.9 Å². The van der Waals surface area contributed by atoms with Gasteiger partial charge >= 0.3 is 0 Å². The molecule has 0 radical (unpaired) electrons. The third-order valence-corrected chi connectivity index (χ3v) is 8.34. The molecule has 9 heteroatoms. The first-order valence-electron chi connectivity index (χ1n) is 9.95. The molecular formula is C22H21N3O4S2. The lowest BCUT2D eigenvalue weighted by molar-refractivity contribution is -0.119. The van der Waals surface area contributed by atoms with Crippen LogP contribution < -0.4 is 10.2 Å². The van der Waals surface area contributed by atoms with Gasteiger partial charge in [-0.3, -0.25) is 4.79 Å². The lowest BCUT2D eigenvalue weighted by Crippen LogP contribution is -2.32. The molecule has 1 fully saturated rings. The number of nitrogens with zero attached hydrogens (tertiary/aromatic N) is 2. The lowest BCUT2D eigenvalue weighted by Gasteiger charge is -2.32. The van der Waals surface area contributed by atoms with E-state index in [-0.39, 0.29) is 10.8 Å². The molecule has 0 saturated carbocycles. The van der Waals surface area contributed by atoms with Crippen LogP contribution in [0.5, 0.6) is 0 Å². The van der Waals surface area contributed by atoms with Gasteiger partial charge in [0.05, 0.1) is 40.3 Å². The van der Waals surface area contributed by atoms with E-state index in [0.29, 0.717) is 47.0 Å². The summed E-state index contributed by atoms with van der Waals surface area (Å²) in [4.78, 5) is 19.7. The van der Waals surface area contributed by atoms with Gasteiger partial charge in [-0.05, 0) is 36.2 Å². The Morgan fingerprint density at radius 2 is 2.00 bits per heavy atom. The van der Waals surface area contributed by atoms with Crippen LogP contribution in [0.3, 0.4) is 0 Å². The second-order valence-electron chi connectivity index (χ2n) is 7.78. The van der Waals surface area contributed by atoms with Crippen molar-refractivity contribution in [2.24, 2.45) is 5.92 Å². The summed E-state index contributed by atoms with van der Waals surface area (Å²) in [7, 11) is -1.78. The van der Waals surface area contributed by atoms with Crippen molar-refractivity contribution < 1.29 is 17.9 Å². The van der Waals surface area contributed by atoms with E-state index in [2.05, 4.69) is 10.3 Å². The Kier molecular flexibility index (Phi) is 5.04. The molecule has 1 saturated heterocycles. The largest absolute Gasteiger partial charge is 0.381 e. The number of thiazole rings is 1. The third-order valence-electron chi connectivity index (χ3n) is 5.81. The number of fused-ring (bicyclic) bond motifs is 2. The number of benzene rings is 2. The van der Waals surface area contributed by atoms with Crippen LogP contribution in [0, 0.1) is 5.92 Å². The first-order chi connectivity index (χ1) is 14.9. The van der Waals surface area contributed by atoms with Crippen LogP contribution in [-0.2, 0) is 19.4 Å². The smallest absolute Gasteiger partial charge is 0.233 e. The molecule has 5 rings (SSSR count). The highest BCUT2D eigenvalue weighted by Crippen LogP contribution is 2.44. The molecule has 3 aromatic rings. The Balaban J connectivity index is 1.54. The number of carbonyl (C=O) groups excluding carboxylic acids is 1. The number of carbonyl (C=O) groups is 1. The van der Waals surface area contributed by atoms with E-state index in [4.69, 9.17) is 4.74 Å². The zero-order chi connectivity index (χ0) is 21.6. The molecule has 2 aromatic carbocycles. The Bertz CT molecular complexity index is 1240. The lowest BCUT2D eigenvalue weighted by atomic mass is 9.87. The van der Waals surface area contributed by atoms with Crippen LogP contribution in [0.25, 0.3) is 0 Å². The summed E-state index contributed by atoms with van der Waals surface area (Å²) in [6.45, 7) is 1.27. The van der Waals surface area contributed by atoms with Gasteiger partial charge in [0.15, 0.2) is 5.13 Å². The van der Waals surface area contributed by atoms with Crippen molar-refractivity contribution in [1.29, 1.82) is 0 Å². The van der Waals surface area contributed by atoms with Crippen LogP contribution in [0.2, 0.25) is 0 Å². The normalized spacial score (nSPS) is 17.9. The SMILES string of the molecule is CN1c2ccccc2S(=O)(=O)c2ccc(C(CC3COC3)C(=O)Nc3nccs3)cc21. The number of anilines is 3. The van der Waals surface area contributed by atoms with Crippen molar-refractivity contribution >= 4 is 43.6 Å². The number of rotatable bonds is 5. The van der Waals surface area contributed by atoms with Crippen molar-refractivity contribution in [3.63, 3.8) is 0 Å². The van der Waals surface area contributed by atoms with E-state index in [0.717, 1.165) is 5.56 Å². The molecule has 2 aliphatic rings. The minimum absolute atomic E-state index is 0.150. The molecule has 31 heavy (non-hydrogen) atoms. The van der Waals surface area contributed by atoms with Gasteiger partial charge in [0.2, 0.25) is 15.7 Å². The van der Waals surface area contributed by atoms with Gasteiger partial charge in [-0.25, -0.2) is 13.4 Å². The molecule has 0 bridgehead atoms. The molecule has 3 heterocycles. The number of sulfone groups is 1. The van der Waals surface area contributed by atoms with Crippen molar-refractivity contribution in [1.82, 2.24) is 4.98 Å². The molecule has 1 N–H and O–H groups in total. The van der Waals surface area contributed by atoms with Crippen LogP contribution in [-0.4, -0.2) is 39.6 Å². The molecule has 160 valence electrons. The molecule has 0 aliphatic carbocycles. The molecule has 0 spiro atoms. The molecule has 1 amide bonds. The fraction of sp³-hybridized carbons (Fsp3) is 0.273. The summed E-state index contributed by atoms with van der Waals surface area (Å²) < 4.78 is 31.6. The molecule has 2 aliphatic heterocycles. The van der Waals surface area contributed by atoms with E-state index in [9.17, 15) is 13.2 Å². The van der Waals surface area contributed by atoms with E-state index in [1.165, 1.54) is 11.3 Å². The number of nitrogens with one attached hydrogen (secondary N) is 1. The van der Waals surface area contributed by atoms with Crippen molar-refractivity contribution in [3.8, 4) is 0 Å². The minimum atomic E-state index is -3.63. The van der Waals surface area contributed by atoms with Crippen molar-refractivity contribution in [3.05, 3.63) is 59.6 Å². The van der Waals surface area contributed by atoms with Gasteiger partial charge < -0.3 is 15.0 Å². The van der Waals surface area contributed by atoms with Crippen molar-refractivity contribution in [2.75, 3.05) is 30.5 Å². The summed E-state index contributed by atoms with van der Waals surface area (Å²) in [5, 5.41) is 5.25. The van der Waals surface area contributed by atoms with Crippen LogP contribution >= 0.6 is 11.3 Å². The van der Waals surface area contributed by atoms with Gasteiger partial charge in [0.1, 0.15) is 0 Å². The van der Waals surface area contributed by atoms with Gasteiger partial charge in [0.25, 0.3) is 0 Å². The number of aromatic nitrogens is 1. The maximum absolute atomic E-state index is 13.2. The Morgan fingerprint density at radius 3 is 2.71 bits per heavy atom. The first-order valence-corrected chi connectivity index (χ1v) is 12.3. The maximum Gasteiger partial charge on any atom is 0.233 e. The monoisotopic (exact) mass is 455 g/mol. The highest BCUT2D eigenvalue weighted by molar-refractivity contribution is 7.92. The van der Waals surface area contributed by atoms with E-state index in [1.807, 2.05) is 24.1 Å². The predicted molar refractivity (Wildman–Crippen MR) is 119 cm³/mol. The number of hydrogen-bond acceptors (Lipinski definition) is 7. The summed E-state index contributed by atoms with van der Waals surface area (Å²) >= 11 is 1.36. The minimum Gasteiger partial charge on any atom is -0.381 e. The van der Waals surface area contributed by atoms with Crippen LogP contribution in [0.4, 0.5) is 16.5 Å². The zero-order valence-corrected chi connectivity index (χ0v) is 18.4. The quantitative estimate of drug-likeness (QED) is 0.629. The maximum atomic E-state index is 13.2. The van der Waals surface area contributed by atoms with E-state index in [1.54, 1.807) is 41.9 Å². The average Bonchev–Trinajstić information content (AvgIpc) is 3.24. The van der Waals surface area contributed by atoms with Gasteiger partial charge in [-0.1, -0.05) is 18.2 Å². The van der Waals surface area contributed by atoms with Crippen molar-refractivity contribution in [2.45, 2.75) is 22.1 Å². The number of hydrogen-bond donors (Lipinski definition) is 1. The van der Waals surface area contributed by atoms with Gasteiger partial charge in [-0.15, -0.1) is 11.3 Å². The standard InChI is InChI=1S/C22H21N3O4S2/c1-25-17-4-2-3-5-19(17)31(27,28)20-7-6-15(11-18(20)25)16(10-14-12-29-13-14)21(26)24-22-23-8-9-30-22/h2-9,11,14,16H,10,12-13H2,1H3,(H,23,24,26). The second-order valence-corrected chi connectivity index (χ2v) is 10.6. The molecule has 7 nitrogen and oxygen atoms in total. The first kappa shape index (κ1) is 20.2. The van der Waals surface area contributed by atoms with Gasteiger partial charge in [0, 0.05) is 24.5 Å². The Labute approximate surface area is 184 Å². The third kappa shape index (κ3) is 3.52. The summed E-state index contributed by atoms with van der Waals surface area (Å²) in [6.07, 6.45) is 2.27. The molecule has 1 aromatic heterocycles. The Morgan fingerprint density at radius 1 is 1.23 bits per heavy atom.